The van der Waals surface area contributed by atoms with Gasteiger partial charge in [-0.15, -0.1) is 5.10 Å². The molecule has 0 aliphatic carbocycles. The summed E-state index contributed by atoms with van der Waals surface area (Å²) in [4.78, 5) is 14.1. The number of amides is 1. The van der Waals surface area contributed by atoms with E-state index < -0.39 is 5.82 Å². The summed E-state index contributed by atoms with van der Waals surface area (Å²) in [5.74, 6) is 0.0525. The van der Waals surface area contributed by atoms with Crippen LogP contribution < -0.4 is 0 Å². The number of tetrazole rings is 1. The summed E-state index contributed by atoms with van der Waals surface area (Å²) in [5, 5.41) is 11.5. The highest BCUT2D eigenvalue weighted by Gasteiger charge is 2.28. The second-order valence-electron chi connectivity index (χ2n) is 5.27. The van der Waals surface area contributed by atoms with Crippen LogP contribution in [0.1, 0.15) is 17.5 Å². The largest absolute Gasteiger partial charge is 0.366 e. The quantitative estimate of drug-likeness (QED) is 0.838. The third kappa shape index (κ3) is 3.48. The number of morpholine rings is 1. The van der Waals surface area contributed by atoms with E-state index in [4.69, 9.17) is 16.3 Å². The van der Waals surface area contributed by atoms with Gasteiger partial charge in [0, 0.05) is 18.6 Å². The number of carbonyl (C=O) groups is 1. The van der Waals surface area contributed by atoms with E-state index in [2.05, 4.69) is 15.5 Å². The molecule has 1 unspecified atom stereocenters. The van der Waals surface area contributed by atoms with Gasteiger partial charge in [0.25, 0.3) is 0 Å². The maximum atomic E-state index is 13.1. The highest BCUT2D eigenvalue weighted by Crippen LogP contribution is 2.22. The molecule has 0 bridgehead atoms. The van der Waals surface area contributed by atoms with Crippen LogP contribution in [0.15, 0.2) is 18.2 Å². The number of aryl methyl sites for hydroxylation is 1. The predicted molar refractivity (Wildman–Crippen MR) is 79.2 cm³/mol. The molecule has 1 aromatic heterocycles. The second-order valence-corrected chi connectivity index (χ2v) is 5.68. The van der Waals surface area contributed by atoms with Gasteiger partial charge in [-0.2, -0.15) is 0 Å². The van der Waals surface area contributed by atoms with E-state index in [1.54, 1.807) is 11.9 Å². The highest BCUT2D eigenvalue weighted by atomic mass is 35.5. The van der Waals surface area contributed by atoms with Gasteiger partial charge in [0.1, 0.15) is 11.9 Å². The maximum absolute atomic E-state index is 13.1. The number of nitrogens with zero attached hydrogens (tertiary/aromatic N) is 5. The van der Waals surface area contributed by atoms with Crippen LogP contribution in [-0.2, 0) is 23.0 Å². The Morgan fingerprint density at radius 2 is 2.35 bits per heavy atom. The van der Waals surface area contributed by atoms with Crippen molar-refractivity contribution >= 4 is 17.5 Å². The zero-order chi connectivity index (χ0) is 16.4. The van der Waals surface area contributed by atoms with Gasteiger partial charge in [-0.25, -0.2) is 9.07 Å². The van der Waals surface area contributed by atoms with Gasteiger partial charge >= 0.3 is 0 Å². The Morgan fingerprint density at radius 3 is 3.04 bits per heavy atom. The average molecular weight is 340 g/mol. The Balaban J connectivity index is 1.68. The Kier molecular flexibility index (Phi) is 4.53. The van der Waals surface area contributed by atoms with Gasteiger partial charge in [-0.05, 0) is 28.1 Å². The van der Waals surface area contributed by atoms with Crippen molar-refractivity contribution in [2.24, 2.45) is 7.05 Å². The molecule has 9 heteroatoms. The second kappa shape index (κ2) is 6.59. The van der Waals surface area contributed by atoms with Gasteiger partial charge in [0.05, 0.1) is 19.6 Å². The van der Waals surface area contributed by atoms with Gasteiger partial charge in [-0.1, -0.05) is 17.7 Å². The van der Waals surface area contributed by atoms with Crippen molar-refractivity contribution in [3.63, 3.8) is 0 Å². The Morgan fingerprint density at radius 1 is 1.52 bits per heavy atom. The number of aromatic nitrogens is 4. The standard InChI is InChI=1S/C14H15ClFN5O2/c1-20-14(17-18-19-20)12-8-21(4-5-23-12)13(22)6-9-2-3-10(16)7-11(9)15/h2-3,7,12H,4-6,8H2,1H3. The van der Waals surface area contributed by atoms with Crippen molar-refractivity contribution in [3.05, 3.63) is 40.4 Å². The summed E-state index contributed by atoms with van der Waals surface area (Å²) < 4.78 is 20.2. The minimum Gasteiger partial charge on any atom is -0.366 e. The number of benzene rings is 1. The summed E-state index contributed by atoms with van der Waals surface area (Å²) in [5.41, 5.74) is 0.599. The van der Waals surface area contributed by atoms with Crippen molar-refractivity contribution < 1.29 is 13.9 Å². The van der Waals surface area contributed by atoms with Crippen LogP contribution in [-0.4, -0.2) is 50.7 Å². The number of carbonyl (C=O) groups excluding carboxylic acids is 1. The molecule has 122 valence electrons. The zero-order valence-corrected chi connectivity index (χ0v) is 13.2. The zero-order valence-electron chi connectivity index (χ0n) is 12.4. The summed E-state index contributed by atoms with van der Waals surface area (Å²) >= 11 is 5.98. The van der Waals surface area contributed by atoms with E-state index in [0.717, 1.165) is 0 Å². The lowest BCUT2D eigenvalue weighted by Gasteiger charge is -2.32. The van der Waals surface area contributed by atoms with Gasteiger partial charge < -0.3 is 9.64 Å². The summed E-state index contributed by atoms with van der Waals surface area (Å²) in [7, 11) is 1.72. The molecule has 1 atom stereocenters. The first-order valence-corrected chi connectivity index (χ1v) is 7.48. The summed E-state index contributed by atoms with van der Waals surface area (Å²) in [6.45, 7) is 1.26. The van der Waals surface area contributed by atoms with Gasteiger partial charge in [0.2, 0.25) is 5.91 Å². The minimum atomic E-state index is -0.424. The fraction of sp³-hybridized carbons (Fsp3) is 0.429. The first-order chi connectivity index (χ1) is 11.0. The minimum absolute atomic E-state index is 0.0954. The number of hydrogen-bond donors (Lipinski definition) is 0. The monoisotopic (exact) mass is 339 g/mol. The van der Waals surface area contributed by atoms with Crippen LogP contribution in [0.2, 0.25) is 5.02 Å². The Labute approximate surface area is 137 Å². The highest BCUT2D eigenvalue weighted by molar-refractivity contribution is 6.31. The molecule has 0 radical (unpaired) electrons. The molecule has 0 N–H and O–H groups in total. The molecule has 1 aliphatic rings. The number of ether oxygens (including phenoxy) is 1. The lowest BCUT2D eigenvalue weighted by atomic mass is 10.1. The van der Waals surface area contributed by atoms with Gasteiger partial charge in [-0.3, -0.25) is 4.79 Å². The van der Waals surface area contributed by atoms with Crippen molar-refractivity contribution in [1.29, 1.82) is 0 Å². The van der Waals surface area contributed by atoms with Crippen molar-refractivity contribution in [3.8, 4) is 0 Å². The van der Waals surface area contributed by atoms with Crippen LogP contribution in [0.4, 0.5) is 4.39 Å². The molecule has 0 saturated carbocycles. The molecule has 1 aromatic carbocycles. The Hall–Kier alpha value is -2.06. The molecule has 2 heterocycles. The molecule has 3 rings (SSSR count). The van der Waals surface area contributed by atoms with E-state index in [1.165, 1.54) is 22.9 Å². The molecule has 1 fully saturated rings. The SMILES string of the molecule is Cn1nnnc1C1CN(C(=O)Cc2ccc(F)cc2Cl)CCO1. The predicted octanol–water partition coefficient (Wildman–Crippen LogP) is 1.15. The fourth-order valence-corrected chi connectivity index (χ4v) is 2.71. The van der Waals surface area contributed by atoms with Crippen LogP contribution in [0.25, 0.3) is 0 Å². The molecular weight excluding hydrogens is 325 g/mol. The summed E-state index contributed by atoms with van der Waals surface area (Å²) in [6.07, 6.45) is -0.250. The first-order valence-electron chi connectivity index (χ1n) is 7.10. The van der Waals surface area contributed by atoms with E-state index in [-0.39, 0.29) is 23.5 Å². The van der Waals surface area contributed by atoms with Crippen molar-refractivity contribution in [2.45, 2.75) is 12.5 Å². The van der Waals surface area contributed by atoms with Crippen LogP contribution in [0.3, 0.4) is 0 Å². The molecule has 2 aromatic rings. The molecule has 1 amide bonds. The summed E-state index contributed by atoms with van der Waals surface area (Å²) in [6, 6.07) is 4.03. The Bertz CT molecular complexity index is 723. The molecule has 7 nitrogen and oxygen atoms in total. The lowest BCUT2D eigenvalue weighted by molar-refractivity contribution is -0.138. The molecule has 23 heavy (non-hydrogen) atoms. The van der Waals surface area contributed by atoms with Crippen LogP contribution in [0, 0.1) is 5.82 Å². The van der Waals surface area contributed by atoms with E-state index in [0.29, 0.717) is 31.1 Å². The fourth-order valence-electron chi connectivity index (χ4n) is 2.48. The smallest absolute Gasteiger partial charge is 0.227 e. The topological polar surface area (TPSA) is 73.1 Å². The molecular formula is C14H15ClFN5O2. The number of halogens is 2. The number of hydrogen-bond acceptors (Lipinski definition) is 5. The van der Waals surface area contributed by atoms with Crippen LogP contribution in [0.5, 0.6) is 0 Å². The van der Waals surface area contributed by atoms with Gasteiger partial charge in [0.15, 0.2) is 5.82 Å². The molecule has 1 saturated heterocycles. The third-order valence-corrected chi connectivity index (χ3v) is 4.07. The van der Waals surface area contributed by atoms with Crippen LogP contribution >= 0.6 is 11.6 Å². The average Bonchev–Trinajstić information content (AvgIpc) is 2.96. The van der Waals surface area contributed by atoms with E-state index in [9.17, 15) is 9.18 Å². The lowest BCUT2D eigenvalue weighted by Crippen LogP contribution is -2.43. The third-order valence-electron chi connectivity index (χ3n) is 3.72. The molecule has 0 spiro atoms. The maximum Gasteiger partial charge on any atom is 0.227 e. The normalized spacial score (nSPS) is 18.2. The van der Waals surface area contributed by atoms with Crippen molar-refractivity contribution in [2.75, 3.05) is 19.7 Å². The van der Waals surface area contributed by atoms with E-state index in [1.807, 2.05) is 0 Å². The van der Waals surface area contributed by atoms with E-state index >= 15 is 0 Å². The first kappa shape index (κ1) is 15.8. The number of rotatable bonds is 3. The van der Waals surface area contributed by atoms with Crippen molar-refractivity contribution in [1.82, 2.24) is 25.1 Å². The molecule has 1 aliphatic heterocycles.